The summed E-state index contributed by atoms with van der Waals surface area (Å²) in [6.07, 6.45) is -0.584. The zero-order chi connectivity index (χ0) is 16.3. The summed E-state index contributed by atoms with van der Waals surface area (Å²) in [4.78, 5) is 11.4. The molecular weight excluding hydrogens is 295 g/mol. The van der Waals surface area contributed by atoms with Crippen molar-refractivity contribution in [2.45, 2.75) is 6.18 Å². The van der Waals surface area contributed by atoms with Crippen molar-refractivity contribution in [2.75, 3.05) is 6.54 Å². The van der Waals surface area contributed by atoms with E-state index in [9.17, 15) is 18.0 Å². The highest BCUT2D eigenvalue weighted by molar-refractivity contribution is 6.10. The predicted molar refractivity (Wildman–Crippen MR) is 76.6 cm³/mol. The minimum absolute atomic E-state index is 0.0319. The van der Waals surface area contributed by atoms with Crippen molar-refractivity contribution < 1.29 is 18.0 Å². The maximum atomic E-state index is 13.4. The maximum absolute atomic E-state index is 13.4. The van der Waals surface area contributed by atoms with Gasteiger partial charge < -0.3 is 16.5 Å². The van der Waals surface area contributed by atoms with Crippen LogP contribution in [0.3, 0.4) is 0 Å². The largest absolute Gasteiger partial charge is 0.401 e. The molecule has 2 rings (SSSR count). The molecule has 7 heteroatoms. The van der Waals surface area contributed by atoms with Crippen LogP contribution < -0.4 is 11.1 Å². The van der Waals surface area contributed by atoms with E-state index in [-0.39, 0.29) is 23.2 Å². The standard InChI is InChI=1S/C15H14F3N3O/c16-15(17,18)12(9-5-7-21-8-6-9)13(19)10-3-1-2-4-11(10)14(20)22/h1-7,12,19,21H,8H2,(H2,20,22). The number of amides is 1. The number of primary amides is 1. The molecule has 0 fully saturated rings. The number of dihydropyridines is 1. The van der Waals surface area contributed by atoms with Gasteiger partial charge in [0.05, 0.1) is 5.71 Å². The number of nitrogens with one attached hydrogen (secondary N) is 2. The lowest BCUT2D eigenvalue weighted by molar-refractivity contribution is -0.145. The molecule has 1 amide bonds. The van der Waals surface area contributed by atoms with Crippen LogP contribution in [-0.2, 0) is 0 Å². The molecule has 0 aliphatic carbocycles. The second-order valence-corrected chi connectivity index (χ2v) is 4.74. The van der Waals surface area contributed by atoms with Gasteiger partial charge in [0.2, 0.25) is 5.91 Å². The summed E-state index contributed by atoms with van der Waals surface area (Å²) in [7, 11) is 0. The molecule has 22 heavy (non-hydrogen) atoms. The number of benzene rings is 1. The molecule has 4 nitrogen and oxygen atoms in total. The summed E-state index contributed by atoms with van der Waals surface area (Å²) in [6.45, 7) is 0.253. The Morgan fingerprint density at radius 1 is 1.27 bits per heavy atom. The Balaban J connectivity index is 2.50. The van der Waals surface area contributed by atoms with Crippen LogP contribution in [0.2, 0.25) is 0 Å². The lowest BCUT2D eigenvalue weighted by Crippen LogP contribution is -2.34. The number of alkyl halides is 3. The topological polar surface area (TPSA) is 79.0 Å². The van der Waals surface area contributed by atoms with Gasteiger partial charge in [-0.15, -0.1) is 0 Å². The number of nitrogens with two attached hydrogens (primary N) is 1. The fourth-order valence-corrected chi connectivity index (χ4v) is 2.29. The second kappa shape index (κ2) is 6.05. The molecular formula is C15H14F3N3O. The monoisotopic (exact) mass is 309 g/mol. The normalized spacial score (nSPS) is 15.7. The van der Waals surface area contributed by atoms with Gasteiger partial charge in [0.15, 0.2) is 0 Å². The first-order valence-electron chi connectivity index (χ1n) is 6.46. The van der Waals surface area contributed by atoms with Crippen molar-refractivity contribution >= 4 is 11.6 Å². The van der Waals surface area contributed by atoms with Crippen LogP contribution in [0.4, 0.5) is 13.2 Å². The van der Waals surface area contributed by atoms with Crippen molar-refractivity contribution in [1.29, 1.82) is 5.41 Å². The van der Waals surface area contributed by atoms with Gasteiger partial charge in [-0.1, -0.05) is 24.3 Å². The van der Waals surface area contributed by atoms with E-state index in [0.717, 1.165) is 0 Å². The summed E-state index contributed by atoms with van der Waals surface area (Å²) in [5, 5.41) is 10.8. The van der Waals surface area contributed by atoms with Crippen LogP contribution >= 0.6 is 0 Å². The van der Waals surface area contributed by atoms with Crippen LogP contribution in [-0.4, -0.2) is 24.3 Å². The fraction of sp³-hybridized carbons (Fsp3) is 0.200. The highest BCUT2D eigenvalue weighted by Crippen LogP contribution is 2.36. The van der Waals surface area contributed by atoms with E-state index in [1.165, 1.54) is 42.6 Å². The van der Waals surface area contributed by atoms with Gasteiger partial charge >= 0.3 is 6.18 Å². The highest BCUT2D eigenvalue weighted by Gasteiger charge is 2.45. The number of allylic oxidation sites excluding steroid dienone is 2. The van der Waals surface area contributed by atoms with Crippen molar-refractivity contribution in [2.24, 2.45) is 11.7 Å². The summed E-state index contributed by atoms with van der Waals surface area (Å²) in [5.74, 6) is -2.97. The highest BCUT2D eigenvalue weighted by atomic mass is 19.4. The van der Waals surface area contributed by atoms with Gasteiger partial charge in [0, 0.05) is 17.7 Å². The smallest absolute Gasteiger partial charge is 0.387 e. The number of hydrogen-bond donors (Lipinski definition) is 3. The third-order valence-electron chi connectivity index (χ3n) is 3.28. The first kappa shape index (κ1) is 15.8. The van der Waals surface area contributed by atoms with E-state index in [1.54, 1.807) is 0 Å². The van der Waals surface area contributed by atoms with Gasteiger partial charge in [0.25, 0.3) is 0 Å². The Bertz CT molecular complexity index is 662. The number of hydrogen-bond acceptors (Lipinski definition) is 3. The molecule has 116 valence electrons. The average Bonchev–Trinajstić information content (AvgIpc) is 2.47. The van der Waals surface area contributed by atoms with E-state index in [0.29, 0.717) is 0 Å². The fourth-order valence-electron chi connectivity index (χ4n) is 2.29. The third-order valence-corrected chi connectivity index (χ3v) is 3.28. The first-order chi connectivity index (χ1) is 10.3. The molecule has 4 N–H and O–H groups in total. The minimum atomic E-state index is -4.64. The predicted octanol–water partition coefficient (Wildman–Crippen LogP) is 2.38. The van der Waals surface area contributed by atoms with Gasteiger partial charge in [0.1, 0.15) is 5.92 Å². The molecule has 0 spiro atoms. The van der Waals surface area contributed by atoms with Crippen molar-refractivity contribution in [1.82, 2.24) is 5.32 Å². The van der Waals surface area contributed by atoms with Gasteiger partial charge in [-0.25, -0.2) is 0 Å². The molecule has 0 saturated carbocycles. The zero-order valence-electron chi connectivity index (χ0n) is 11.4. The molecule has 1 atom stereocenters. The van der Waals surface area contributed by atoms with Crippen LogP contribution in [0.25, 0.3) is 0 Å². The summed E-state index contributed by atoms with van der Waals surface area (Å²) >= 11 is 0. The van der Waals surface area contributed by atoms with Crippen molar-refractivity contribution in [3.8, 4) is 0 Å². The number of carbonyl (C=O) groups is 1. The molecule has 1 aliphatic heterocycles. The lowest BCUT2D eigenvalue weighted by atomic mass is 9.86. The number of carbonyl (C=O) groups excluding carboxylic acids is 1. The average molecular weight is 309 g/mol. The van der Waals surface area contributed by atoms with E-state index in [1.807, 2.05) is 0 Å². The summed E-state index contributed by atoms with van der Waals surface area (Å²) < 4.78 is 40.3. The molecule has 1 heterocycles. The molecule has 1 aromatic carbocycles. The molecule has 1 aromatic rings. The van der Waals surface area contributed by atoms with Crippen LogP contribution in [0.15, 0.2) is 48.2 Å². The molecule has 0 bridgehead atoms. The molecule has 0 aromatic heterocycles. The Morgan fingerprint density at radius 2 is 1.91 bits per heavy atom. The minimum Gasteiger partial charge on any atom is -0.387 e. The van der Waals surface area contributed by atoms with Gasteiger partial charge in [-0.05, 0) is 23.9 Å². The Morgan fingerprint density at radius 3 is 2.41 bits per heavy atom. The SMILES string of the molecule is N=C(c1ccccc1C(N)=O)C(C1=CCNC=C1)C(F)(F)F. The summed E-state index contributed by atoms with van der Waals surface area (Å²) in [5.41, 5.74) is 4.25. The van der Waals surface area contributed by atoms with Gasteiger partial charge in [-0.3, -0.25) is 4.79 Å². The quantitative estimate of drug-likeness (QED) is 0.747. The molecule has 0 radical (unpaired) electrons. The third kappa shape index (κ3) is 3.19. The lowest BCUT2D eigenvalue weighted by Gasteiger charge is -2.25. The second-order valence-electron chi connectivity index (χ2n) is 4.74. The van der Waals surface area contributed by atoms with Crippen LogP contribution in [0, 0.1) is 11.3 Å². The van der Waals surface area contributed by atoms with Crippen molar-refractivity contribution in [3.63, 3.8) is 0 Å². The summed E-state index contributed by atoms with van der Waals surface area (Å²) in [6, 6.07) is 5.57. The molecule has 1 aliphatic rings. The van der Waals surface area contributed by atoms with E-state index < -0.39 is 23.7 Å². The Labute approximate surface area is 125 Å². The van der Waals surface area contributed by atoms with Crippen LogP contribution in [0.5, 0.6) is 0 Å². The molecule has 0 saturated heterocycles. The first-order valence-corrected chi connectivity index (χ1v) is 6.46. The van der Waals surface area contributed by atoms with E-state index in [2.05, 4.69) is 5.32 Å². The molecule has 1 unspecified atom stereocenters. The van der Waals surface area contributed by atoms with Crippen molar-refractivity contribution in [3.05, 3.63) is 59.3 Å². The Hall–Kier alpha value is -2.57. The van der Waals surface area contributed by atoms with E-state index >= 15 is 0 Å². The zero-order valence-corrected chi connectivity index (χ0v) is 11.4. The Kier molecular flexibility index (Phi) is 4.35. The maximum Gasteiger partial charge on any atom is 0.401 e. The number of rotatable bonds is 4. The van der Waals surface area contributed by atoms with Crippen LogP contribution in [0.1, 0.15) is 15.9 Å². The van der Waals surface area contributed by atoms with Gasteiger partial charge in [-0.2, -0.15) is 13.2 Å². The van der Waals surface area contributed by atoms with E-state index in [4.69, 9.17) is 11.1 Å². The number of halogens is 3.